The van der Waals surface area contributed by atoms with Gasteiger partial charge in [-0.15, -0.1) is 0 Å². The van der Waals surface area contributed by atoms with Crippen molar-refractivity contribution in [1.29, 1.82) is 0 Å². The average molecular weight is 786 g/mol. The Morgan fingerprint density at radius 2 is 0.742 bits per heavy atom. The van der Waals surface area contributed by atoms with Gasteiger partial charge in [-0.1, -0.05) is 176 Å². The van der Waals surface area contributed by atoms with Crippen molar-refractivity contribution in [3.63, 3.8) is 0 Å². The number of para-hydroxylation sites is 1. The zero-order chi connectivity index (χ0) is 40.7. The van der Waals surface area contributed by atoms with E-state index >= 15 is 0 Å². The molecule has 0 amide bonds. The van der Waals surface area contributed by atoms with E-state index in [9.17, 15) is 0 Å². The molecule has 0 bridgehead atoms. The third kappa shape index (κ3) is 5.42. The molecule has 0 aliphatic heterocycles. The Labute approximate surface area is 357 Å². The molecule has 13 aromatic rings. The molecule has 3 heterocycles. The van der Waals surface area contributed by atoms with E-state index < -0.39 is 0 Å². The minimum Gasteiger partial charge on any atom is -0.247 e. The van der Waals surface area contributed by atoms with Crippen molar-refractivity contribution in [2.24, 2.45) is 0 Å². The Kier molecular flexibility index (Phi) is 7.60. The summed E-state index contributed by atoms with van der Waals surface area (Å²) in [6, 6.07) is 76.3. The van der Waals surface area contributed by atoms with Gasteiger partial charge in [-0.05, 0) is 90.6 Å². The number of aromatic nitrogens is 3. The first kappa shape index (κ1) is 34.6. The van der Waals surface area contributed by atoms with Crippen LogP contribution in [0.5, 0.6) is 0 Å². The molecule has 0 spiro atoms. The number of rotatable bonds is 4. The Hall–Kier alpha value is -8.27. The lowest BCUT2D eigenvalue weighted by molar-refractivity contribution is 1.37. The zero-order valence-corrected chi connectivity index (χ0v) is 33.5. The highest BCUT2D eigenvalue weighted by Gasteiger charge is 2.16. The quantitative estimate of drug-likeness (QED) is 0.167. The standard InChI is InChI=1S/C59H35N3/c1-2-12-37(13-3-1)53-31-26-38-21-22-39-27-32-54(61-59(39)58(38)60-53)42-25-29-48-47-28-24-41(34-51(47)45-17-6-7-18-46(45)52(48)35-42)40-14-10-15-43(33-40)57-50-30-23-36-11-4-5-16-44(36)56(50)49-19-8-9-20-55(49)62-57/h1-35H. The number of hydrogen-bond donors (Lipinski definition) is 0. The largest absolute Gasteiger partial charge is 0.247 e. The summed E-state index contributed by atoms with van der Waals surface area (Å²) in [5, 5.41) is 15.6. The van der Waals surface area contributed by atoms with Crippen molar-refractivity contribution < 1.29 is 0 Å². The van der Waals surface area contributed by atoms with Gasteiger partial charge in [0.1, 0.15) is 0 Å². The number of hydrogen-bond acceptors (Lipinski definition) is 3. The first-order valence-corrected chi connectivity index (χ1v) is 21.2. The van der Waals surface area contributed by atoms with Crippen LogP contribution in [-0.2, 0) is 0 Å². The summed E-state index contributed by atoms with van der Waals surface area (Å²) in [7, 11) is 0. The summed E-state index contributed by atoms with van der Waals surface area (Å²) in [6.07, 6.45) is 0. The minimum absolute atomic E-state index is 0.913. The van der Waals surface area contributed by atoms with Gasteiger partial charge in [0.25, 0.3) is 0 Å². The molecule has 0 aliphatic carbocycles. The summed E-state index contributed by atoms with van der Waals surface area (Å²) in [4.78, 5) is 15.8. The Morgan fingerprint density at radius 1 is 0.242 bits per heavy atom. The smallest absolute Gasteiger partial charge is 0.0972 e. The van der Waals surface area contributed by atoms with E-state index in [0.717, 1.165) is 72.0 Å². The highest BCUT2D eigenvalue weighted by molar-refractivity contribution is 6.26. The van der Waals surface area contributed by atoms with Gasteiger partial charge >= 0.3 is 0 Å². The van der Waals surface area contributed by atoms with Crippen LogP contribution in [0, 0.1) is 0 Å². The molecule has 0 saturated carbocycles. The number of benzene rings is 10. The molecule has 62 heavy (non-hydrogen) atoms. The first-order valence-electron chi connectivity index (χ1n) is 21.2. The highest BCUT2D eigenvalue weighted by Crippen LogP contribution is 2.41. The predicted octanol–water partition coefficient (Wildman–Crippen LogP) is 15.8. The lowest BCUT2D eigenvalue weighted by Crippen LogP contribution is -1.92. The highest BCUT2D eigenvalue weighted by atomic mass is 14.8. The van der Waals surface area contributed by atoms with Gasteiger partial charge in [-0.2, -0.15) is 0 Å². The van der Waals surface area contributed by atoms with Crippen LogP contribution < -0.4 is 0 Å². The van der Waals surface area contributed by atoms with Crippen LogP contribution in [0.4, 0.5) is 0 Å². The molecule has 0 fully saturated rings. The normalized spacial score (nSPS) is 11.9. The molecule has 0 saturated heterocycles. The van der Waals surface area contributed by atoms with Gasteiger partial charge in [0, 0.05) is 43.6 Å². The van der Waals surface area contributed by atoms with Gasteiger partial charge < -0.3 is 0 Å². The zero-order valence-electron chi connectivity index (χ0n) is 33.5. The summed E-state index contributed by atoms with van der Waals surface area (Å²) in [5.41, 5.74) is 11.3. The second kappa shape index (κ2) is 13.6. The third-order valence-corrected chi connectivity index (χ3v) is 12.8. The van der Waals surface area contributed by atoms with Crippen molar-refractivity contribution in [3.8, 4) is 44.9 Å². The fraction of sp³-hybridized carbons (Fsp3) is 0. The molecule has 13 rings (SSSR count). The maximum atomic E-state index is 5.31. The van der Waals surface area contributed by atoms with E-state index in [1.54, 1.807) is 0 Å². The molecule has 3 heteroatoms. The lowest BCUT2D eigenvalue weighted by atomic mass is 9.90. The van der Waals surface area contributed by atoms with Crippen LogP contribution >= 0.6 is 0 Å². The molecular weight excluding hydrogens is 751 g/mol. The monoisotopic (exact) mass is 785 g/mol. The van der Waals surface area contributed by atoms with E-state index in [0.29, 0.717) is 0 Å². The molecule has 0 N–H and O–H groups in total. The summed E-state index contributed by atoms with van der Waals surface area (Å²) in [5.74, 6) is 0. The van der Waals surface area contributed by atoms with Crippen LogP contribution in [0.3, 0.4) is 0 Å². The van der Waals surface area contributed by atoms with Crippen LogP contribution in [0.25, 0.3) is 131 Å². The molecule has 0 aliphatic rings. The second-order valence-electron chi connectivity index (χ2n) is 16.3. The SMILES string of the molecule is c1ccc(-c2ccc3ccc4ccc(-c5ccc6c7ccc(-c8cccc(-c9nc%10ccccc%10c%10c9ccc9ccccc9%10)c8)cc7c7ccccc7c6c5)nc4c3n2)cc1. The number of pyridine rings is 3. The van der Waals surface area contributed by atoms with Gasteiger partial charge in [-0.25, -0.2) is 15.0 Å². The minimum atomic E-state index is 0.913. The van der Waals surface area contributed by atoms with Crippen LogP contribution in [-0.4, -0.2) is 15.0 Å². The predicted molar refractivity (Wildman–Crippen MR) is 262 cm³/mol. The Balaban J connectivity index is 0.939. The van der Waals surface area contributed by atoms with Crippen molar-refractivity contribution in [3.05, 3.63) is 212 Å². The van der Waals surface area contributed by atoms with E-state index in [-0.39, 0.29) is 0 Å². The molecule has 3 aromatic heterocycles. The molecule has 0 unspecified atom stereocenters. The van der Waals surface area contributed by atoms with Gasteiger partial charge in [0.15, 0.2) is 0 Å². The van der Waals surface area contributed by atoms with E-state index in [2.05, 4.69) is 206 Å². The van der Waals surface area contributed by atoms with Crippen LogP contribution in [0.15, 0.2) is 212 Å². The third-order valence-electron chi connectivity index (χ3n) is 12.8. The van der Waals surface area contributed by atoms with Crippen molar-refractivity contribution in [2.75, 3.05) is 0 Å². The second-order valence-corrected chi connectivity index (χ2v) is 16.3. The van der Waals surface area contributed by atoms with Crippen LogP contribution in [0.2, 0.25) is 0 Å². The Bertz CT molecular complexity index is 3950. The summed E-state index contributed by atoms with van der Waals surface area (Å²) >= 11 is 0. The molecule has 0 atom stereocenters. The van der Waals surface area contributed by atoms with Crippen LogP contribution in [0.1, 0.15) is 0 Å². The molecule has 10 aromatic carbocycles. The molecular formula is C59H35N3. The number of fused-ring (bicyclic) bond motifs is 14. The summed E-state index contributed by atoms with van der Waals surface area (Å²) in [6.45, 7) is 0. The van der Waals surface area contributed by atoms with Gasteiger partial charge in [-0.3, -0.25) is 0 Å². The van der Waals surface area contributed by atoms with E-state index in [1.165, 1.54) is 59.4 Å². The first-order chi connectivity index (χ1) is 30.7. The number of nitrogens with zero attached hydrogens (tertiary/aromatic N) is 3. The maximum absolute atomic E-state index is 5.31. The van der Waals surface area contributed by atoms with Gasteiger partial charge in [0.2, 0.25) is 0 Å². The van der Waals surface area contributed by atoms with E-state index in [4.69, 9.17) is 15.0 Å². The molecule has 3 nitrogen and oxygen atoms in total. The maximum Gasteiger partial charge on any atom is 0.0972 e. The molecule has 0 radical (unpaired) electrons. The van der Waals surface area contributed by atoms with E-state index in [1.807, 2.05) is 6.07 Å². The fourth-order valence-electron chi connectivity index (χ4n) is 9.78. The summed E-state index contributed by atoms with van der Waals surface area (Å²) < 4.78 is 0. The lowest BCUT2D eigenvalue weighted by Gasteiger charge is -2.15. The van der Waals surface area contributed by atoms with Gasteiger partial charge in [0.05, 0.1) is 33.6 Å². The average Bonchev–Trinajstić information content (AvgIpc) is 3.35. The molecule has 286 valence electrons. The Morgan fingerprint density at radius 3 is 1.48 bits per heavy atom. The van der Waals surface area contributed by atoms with Crippen molar-refractivity contribution in [2.45, 2.75) is 0 Å². The van der Waals surface area contributed by atoms with Crippen molar-refractivity contribution >= 4 is 86.6 Å². The fourth-order valence-corrected chi connectivity index (χ4v) is 9.78. The van der Waals surface area contributed by atoms with Crippen molar-refractivity contribution in [1.82, 2.24) is 15.0 Å². The topological polar surface area (TPSA) is 38.7 Å².